The van der Waals surface area contributed by atoms with Crippen molar-refractivity contribution in [3.05, 3.63) is 59.5 Å². The Labute approximate surface area is 105 Å². The molecule has 1 aromatic carbocycles. The Morgan fingerprint density at radius 2 is 2.00 bits per heavy atom. The SMILES string of the molecule is CC(Nc1cc(C#N)ccn1)c1ccc(F)cc1. The van der Waals surface area contributed by atoms with E-state index in [0.717, 1.165) is 5.56 Å². The lowest BCUT2D eigenvalue weighted by molar-refractivity contribution is 0.626. The minimum atomic E-state index is -0.254. The maximum Gasteiger partial charge on any atom is 0.127 e. The molecule has 1 heterocycles. The third-order valence-electron chi connectivity index (χ3n) is 2.62. The molecule has 4 heteroatoms. The number of aromatic nitrogens is 1. The minimum Gasteiger partial charge on any atom is -0.364 e. The molecule has 0 bridgehead atoms. The van der Waals surface area contributed by atoms with Crippen molar-refractivity contribution < 1.29 is 4.39 Å². The highest BCUT2D eigenvalue weighted by Gasteiger charge is 2.06. The zero-order chi connectivity index (χ0) is 13.0. The number of nitrogens with zero attached hydrogens (tertiary/aromatic N) is 2. The molecule has 18 heavy (non-hydrogen) atoms. The van der Waals surface area contributed by atoms with Crippen LogP contribution in [-0.2, 0) is 0 Å². The van der Waals surface area contributed by atoms with Gasteiger partial charge in [-0.15, -0.1) is 0 Å². The summed E-state index contributed by atoms with van der Waals surface area (Å²) in [5, 5.41) is 12.0. The number of nitriles is 1. The molecule has 0 aliphatic heterocycles. The second-order valence-corrected chi connectivity index (χ2v) is 3.96. The maximum absolute atomic E-state index is 12.8. The van der Waals surface area contributed by atoms with Crippen molar-refractivity contribution in [2.75, 3.05) is 5.32 Å². The van der Waals surface area contributed by atoms with E-state index < -0.39 is 0 Å². The fraction of sp³-hybridized carbons (Fsp3) is 0.143. The van der Waals surface area contributed by atoms with Gasteiger partial charge in [-0.1, -0.05) is 12.1 Å². The van der Waals surface area contributed by atoms with Crippen molar-refractivity contribution in [3.8, 4) is 6.07 Å². The summed E-state index contributed by atoms with van der Waals surface area (Å²) < 4.78 is 12.8. The van der Waals surface area contributed by atoms with Crippen LogP contribution in [0.25, 0.3) is 0 Å². The summed E-state index contributed by atoms with van der Waals surface area (Å²) in [6.45, 7) is 1.95. The molecule has 1 N–H and O–H groups in total. The molecule has 0 radical (unpaired) electrons. The van der Waals surface area contributed by atoms with Crippen LogP contribution in [0.5, 0.6) is 0 Å². The first-order valence-corrected chi connectivity index (χ1v) is 5.57. The van der Waals surface area contributed by atoms with Crippen LogP contribution >= 0.6 is 0 Å². The number of halogens is 1. The van der Waals surface area contributed by atoms with Gasteiger partial charge in [0, 0.05) is 12.2 Å². The first kappa shape index (κ1) is 12.1. The van der Waals surface area contributed by atoms with Crippen molar-refractivity contribution in [2.45, 2.75) is 13.0 Å². The van der Waals surface area contributed by atoms with Crippen LogP contribution in [0.3, 0.4) is 0 Å². The normalized spacial score (nSPS) is 11.6. The Morgan fingerprint density at radius 3 is 2.67 bits per heavy atom. The molecule has 2 rings (SSSR count). The molecule has 1 unspecified atom stereocenters. The summed E-state index contributed by atoms with van der Waals surface area (Å²) >= 11 is 0. The third kappa shape index (κ3) is 2.83. The number of benzene rings is 1. The van der Waals surface area contributed by atoms with Gasteiger partial charge in [-0.05, 0) is 36.8 Å². The van der Waals surface area contributed by atoms with Gasteiger partial charge >= 0.3 is 0 Å². The molecule has 1 atom stereocenters. The zero-order valence-corrected chi connectivity index (χ0v) is 9.89. The van der Waals surface area contributed by atoms with Gasteiger partial charge in [0.1, 0.15) is 11.6 Å². The number of pyridine rings is 1. The molecule has 3 nitrogen and oxygen atoms in total. The molecule has 0 fully saturated rings. The number of anilines is 1. The topological polar surface area (TPSA) is 48.7 Å². The highest BCUT2D eigenvalue weighted by Crippen LogP contribution is 2.18. The van der Waals surface area contributed by atoms with E-state index in [1.807, 2.05) is 6.92 Å². The van der Waals surface area contributed by atoms with Gasteiger partial charge in [-0.3, -0.25) is 0 Å². The quantitative estimate of drug-likeness (QED) is 0.897. The average Bonchev–Trinajstić information content (AvgIpc) is 2.39. The van der Waals surface area contributed by atoms with E-state index in [1.165, 1.54) is 12.1 Å². The van der Waals surface area contributed by atoms with Crippen LogP contribution in [0.1, 0.15) is 24.1 Å². The minimum absolute atomic E-state index is 0.00737. The molecule has 1 aromatic heterocycles. The van der Waals surface area contributed by atoms with Crippen molar-refractivity contribution in [3.63, 3.8) is 0 Å². The Kier molecular flexibility index (Phi) is 3.54. The van der Waals surface area contributed by atoms with Crippen molar-refractivity contribution in [2.24, 2.45) is 0 Å². The predicted octanol–water partition coefficient (Wildman–Crippen LogP) is 3.27. The van der Waals surface area contributed by atoms with Gasteiger partial charge in [0.25, 0.3) is 0 Å². The largest absolute Gasteiger partial charge is 0.364 e. The molecule has 2 aromatic rings. The lowest BCUT2D eigenvalue weighted by Gasteiger charge is -2.14. The summed E-state index contributed by atoms with van der Waals surface area (Å²) in [7, 11) is 0. The number of hydrogen-bond acceptors (Lipinski definition) is 3. The van der Waals surface area contributed by atoms with Gasteiger partial charge in [-0.25, -0.2) is 9.37 Å². The Balaban J connectivity index is 2.13. The highest BCUT2D eigenvalue weighted by molar-refractivity contribution is 5.44. The zero-order valence-electron chi connectivity index (χ0n) is 9.89. The van der Waals surface area contributed by atoms with Crippen LogP contribution in [-0.4, -0.2) is 4.98 Å². The summed E-state index contributed by atoms with van der Waals surface area (Å²) in [5.41, 5.74) is 1.51. The molecular formula is C14H12FN3. The molecule has 0 saturated heterocycles. The van der Waals surface area contributed by atoms with E-state index in [-0.39, 0.29) is 11.9 Å². The lowest BCUT2D eigenvalue weighted by atomic mass is 10.1. The highest BCUT2D eigenvalue weighted by atomic mass is 19.1. The van der Waals surface area contributed by atoms with Crippen LogP contribution in [0, 0.1) is 17.1 Å². The average molecular weight is 241 g/mol. The molecule has 90 valence electrons. The molecule has 0 aliphatic rings. The van der Waals surface area contributed by atoms with Gasteiger partial charge in [0.2, 0.25) is 0 Å². The standard InChI is InChI=1S/C14H12FN3/c1-10(12-2-4-13(15)5-3-12)18-14-8-11(9-16)6-7-17-14/h2-8,10H,1H3,(H,17,18). The van der Waals surface area contributed by atoms with Crippen LogP contribution in [0.2, 0.25) is 0 Å². The number of rotatable bonds is 3. The van der Waals surface area contributed by atoms with E-state index in [2.05, 4.69) is 16.4 Å². The van der Waals surface area contributed by atoms with Crippen LogP contribution < -0.4 is 5.32 Å². The fourth-order valence-electron chi connectivity index (χ4n) is 1.64. The fourth-order valence-corrected chi connectivity index (χ4v) is 1.64. The van der Waals surface area contributed by atoms with Gasteiger partial charge in [0.05, 0.1) is 11.6 Å². The van der Waals surface area contributed by atoms with Crippen molar-refractivity contribution in [1.82, 2.24) is 4.98 Å². The Morgan fingerprint density at radius 1 is 1.28 bits per heavy atom. The van der Waals surface area contributed by atoms with Crippen LogP contribution in [0.4, 0.5) is 10.2 Å². The lowest BCUT2D eigenvalue weighted by Crippen LogP contribution is -2.07. The van der Waals surface area contributed by atoms with E-state index in [9.17, 15) is 4.39 Å². The van der Waals surface area contributed by atoms with Crippen LogP contribution in [0.15, 0.2) is 42.6 Å². The Bertz CT molecular complexity index is 572. The predicted molar refractivity (Wildman–Crippen MR) is 67.4 cm³/mol. The first-order chi connectivity index (χ1) is 8.69. The van der Waals surface area contributed by atoms with Crippen molar-refractivity contribution in [1.29, 1.82) is 5.26 Å². The number of nitrogens with one attached hydrogen (secondary N) is 1. The Hall–Kier alpha value is -2.41. The summed E-state index contributed by atoms with van der Waals surface area (Å²) in [6.07, 6.45) is 1.58. The monoisotopic (exact) mass is 241 g/mol. The third-order valence-corrected chi connectivity index (χ3v) is 2.62. The molecule has 0 aliphatic carbocycles. The summed E-state index contributed by atoms with van der Waals surface area (Å²) in [4.78, 5) is 4.13. The maximum atomic E-state index is 12.8. The molecule has 0 amide bonds. The van der Waals surface area contributed by atoms with Crippen molar-refractivity contribution >= 4 is 5.82 Å². The van der Waals surface area contributed by atoms with Gasteiger partial charge in [0.15, 0.2) is 0 Å². The molecule has 0 saturated carbocycles. The summed E-state index contributed by atoms with van der Waals surface area (Å²) in [6, 6.07) is 11.7. The second-order valence-electron chi connectivity index (χ2n) is 3.96. The van der Waals surface area contributed by atoms with Gasteiger partial charge < -0.3 is 5.32 Å². The van der Waals surface area contributed by atoms with E-state index >= 15 is 0 Å². The number of hydrogen-bond donors (Lipinski definition) is 1. The van der Waals surface area contributed by atoms with E-state index in [0.29, 0.717) is 11.4 Å². The molecular weight excluding hydrogens is 229 g/mol. The summed E-state index contributed by atoms with van der Waals surface area (Å²) in [5.74, 6) is 0.376. The molecule has 0 spiro atoms. The second kappa shape index (κ2) is 5.28. The first-order valence-electron chi connectivity index (χ1n) is 5.57. The van der Waals surface area contributed by atoms with Gasteiger partial charge in [-0.2, -0.15) is 5.26 Å². The van der Waals surface area contributed by atoms with E-state index in [4.69, 9.17) is 5.26 Å². The smallest absolute Gasteiger partial charge is 0.127 e. The van der Waals surface area contributed by atoms with E-state index in [1.54, 1.807) is 30.5 Å².